The normalized spacial score (nSPS) is 12.7. The van der Waals surface area contributed by atoms with E-state index in [1.165, 1.54) is 23.1 Å². The topological polar surface area (TPSA) is 46.2 Å². The van der Waals surface area contributed by atoms with Crippen LogP contribution in [0.1, 0.15) is 49.3 Å². The quantitative estimate of drug-likeness (QED) is 0.793. The lowest BCUT2D eigenvalue weighted by molar-refractivity contribution is 0.474. The van der Waals surface area contributed by atoms with Crippen molar-refractivity contribution in [3.05, 3.63) is 28.8 Å². The lowest BCUT2D eigenvalue weighted by Crippen LogP contribution is -2.19. The lowest BCUT2D eigenvalue weighted by atomic mass is 9.95. The van der Waals surface area contributed by atoms with Crippen LogP contribution < -0.4 is 5.73 Å². The number of hydrogen-bond acceptors (Lipinski definition) is 2. The Morgan fingerprint density at radius 2 is 1.76 bits per heavy atom. The summed E-state index contributed by atoms with van der Waals surface area (Å²) in [5.74, 6) is 0.367. The average Bonchev–Trinajstić information content (AvgIpc) is 2.22. The van der Waals surface area contributed by atoms with Crippen molar-refractivity contribution in [2.24, 2.45) is 5.73 Å². The van der Waals surface area contributed by atoms with E-state index in [0.717, 1.165) is 25.7 Å². The molecule has 0 aromatic heterocycles. The molecule has 0 aliphatic rings. The van der Waals surface area contributed by atoms with Gasteiger partial charge in [-0.25, -0.2) is 0 Å². The van der Waals surface area contributed by atoms with Gasteiger partial charge < -0.3 is 10.8 Å². The Morgan fingerprint density at radius 3 is 2.29 bits per heavy atom. The molecule has 0 radical (unpaired) electrons. The Labute approximate surface area is 105 Å². The molecular weight excluding hydrogens is 210 g/mol. The first-order valence-electron chi connectivity index (χ1n) is 6.59. The van der Waals surface area contributed by atoms with Gasteiger partial charge >= 0.3 is 0 Å². The summed E-state index contributed by atoms with van der Waals surface area (Å²) in [6.45, 7) is 6.30. The van der Waals surface area contributed by atoms with Crippen LogP contribution >= 0.6 is 0 Å². The number of aromatic hydroxyl groups is 1. The summed E-state index contributed by atoms with van der Waals surface area (Å²) in [7, 11) is 0. The molecule has 0 bridgehead atoms. The molecule has 0 fully saturated rings. The highest BCUT2D eigenvalue weighted by molar-refractivity contribution is 5.40. The molecule has 1 atom stereocenters. The van der Waals surface area contributed by atoms with Crippen LogP contribution in [0, 0.1) is 13.8 Å². The first kappa shape index (κ1) is 14.0. The minimum absolute atomic E-state index is 0.345. The number of aryl methyl sites for hydroxylation is 2. The second-order valence-electron chi connectivity index (χ2n) is 5.00. The Morgan fingerprint density at radius 1 is 1.18 bits per heavy atom. The first-order valence-corrected chi connectivity index (χ1v) is 6.59. The Hall–Kier alpha value is -1.02. The molecule has 0 aliphatic heterocycles. The van der Waals surface area contributed by atoms with E-state index < -0.39 is 0 Å². The second-order valence-corrected chi connectivity index (χ2v) is 5.00. The van der Waals surface area contributed by atoms with E-state index in [1.54, 1.807) is 0 Å². The van der Waals surface area contributed by atoms with Crippen molar-refractivity contribution < 1.29 is 5.11 Å². The van der Waals surface area contributed by atoms with Crippen molar-refractivity contribution in [1.29, 1.82) is 0 Å². The smallest absolute Gasteiger partial charge is 0.116 e. The lowest BCUT2D eigenvalue weighted by Gasteiger charge is -2.13. The third-order valence-corrected chi connectivity index (χ3v) is 3.34. The van der Waals surface area contributed by atoms with Gasteiger partial charge in [0.05, 0.1) is 0 Å². The van der Waals surface area contributed by atoms with Crippen LogP contribution in [0.3, 0.4) is 0 Å². The van der Waals surface area contributed by atoms with E-state index in [1.807, 2.05) is 12.1 Å². The number of rotatable bonds is 6. The molecule has 0 heterocycles. The van der Waals surface area contributed by atoms with Crippen LogP contribution in [-0.2, 0) is 6.42 Å². The van der Waals surface area contributed by atoms with Gasteiger partial charge in [-0.2, -0.15) is 0 Å². The highest BCUT2D eigenvalue weighted by Gasteiger charge is 2.06. The largest absolute Gasteiger partial charge is 0.508 e. The summed E-state index contributed by atoms with van der Waals surface area (Å²) in [5, 5.41) is 9.48. The molecule has 1 aromatic carbocycles. The molecule has 0 saturated carbocycles. The molecule has 17 heavy (non-hydrogen) atoms. The van der Waals surface area contributed by atoms with Gasteiger partial charge in [0.1, 0.15) is 5.75 Å². The van der Waals surface area contributed by atoms with Gasteiger partial charge in [0.25, 0.3) is 0 Å². The molecule has 2 heteroatoms. The highest BCUT2D eigenvalue weighted by Crippen LogP contribution is 2.22. The highest BCUT2D eigenvalue weighted by atomic mass is 16.3. The van der Waals surface area contributed by atoms with Crippen molar-refractivity contribution in [3.8, 4) is 5.75 Å². The second kappa shape index (κ2) is 6.65. The van der Waals surface area contributed by atoms with Gasteiger partial charge in [0, 0.05) is 6.04 Å². The molecule has 1 rings (SSSR count). The molecule has 96 valence electrons. The zero-order chi connectivity index (χ0) is 12.8. The fourth-order valence-corrected chi connectivity index (χ4v) is 2.42. The van der Waals surface area contributed by atoms with E-state index in [9.17, 15) is 5.11 Å². The summed E-state index contributed by atoms with van der Waals surface area (Å²) in [6, 6.07) is 4.03. The third-order valence-electron chi connectivity index (χ3n) is 3.34. The monoisotopic (exact) mass is 235 g/mol. The zero-order valence-corrected chi connectivity index (χ0v) is 11.3. The number of nitrogens with two attached hydrogens (primary N) is 1. The van der Waals surface area contributed by atoms with Crippen molar-refractivity contribution in [1.82, 2.24) is 0 Å². The van der Waals surface area contributed by atoms with Gasteiger partial charge in [-0.15, -0.1) is 0 Å². The summed E-state index contributed by atoms with van der Waals surface area (Å²) >= 11 is 0. The predicted octanol–water partition coefficient (Wildman–Crippen LogP) is 3.46. The van der Waals surface area contributed by atoms with Gasteiger partial charge in [0.2, 0.25) is 0 Å². The van der Waals surface area contributed by atoms with Gasteiger partial charge in [0.15, 0.2) is 0 Å². The molecule has 0 aliphatic carbocycles. The maximum Gasteiger partial charge on any atom is 0.116 e. The van der Waals surface area contributed by atoms with Gasteiger partial charge in [-0.05, 0) is 68.4 Å². The average molecular weight is 235 g/mol. The number of phenolic OH excluding ortho intramolecular Hbond substituents is 1. The maximum absolute atomic E-state index is 9.48. The van der Waals surface area contributed by atoms with E-state index >= 15 is 0 Å². The minimum Gasteiger partial charge on any atom is -0.508 e. The predicted molar refractivity (Wildman–Crippen MR) is 73.4 cm³/mol. The Bertz CT molecular complexity index is 337. The first-order chi connectivity index (χ1) is 8.04. The number of hydrogen-bond donors (Lipinski definition) is 2. The van der Waals surface area contributed by atoms with Crippen LogP contribution in [0.4, 0.5) is 0 Å². The molecular formula is C15H25NO. The molecule has 1 unspecified atom stereocenters. The molecule has 3 N–H and O–H groups in total. The van der Waals surface area contributed by atoms with Gasteiger partial charge in [-0.1, -0.05) is 13.3 Å². The Balaban J connectivity index is 2.52. The molecule has 0 saturated heterocycles. The van der Waals surface area contributed by atoms with E-state index in [4.69, 9.17) is 5.73 Å². The fourth-order valence-electron chi connectivity index (χ4n) is 2.42. The minimum atomic E-state index is 0.345. The fraction of sp³-hybridized carbons (Fsp3) is 0.600. The molecule has 0 amide bonds. The summed E-state index contributed by atoms with van der Waals surface area (Å²) in [6.07, 6.45) is 5.57. The van der Waals surface area contributed by atoms with Crippen LogP contribution in [0.25, 0.3) is 0 Å². The summed E-state index contributed by atoms with van der Waals surface area (Å²) < 4.78 is 0. The van der Waals surface area contributed by atoms with E-state index in [0.29, 0.717) is 11.8 Å². The summed E-state index contributed by atoms with van der Waals surface area (Å²) in [5.41, 5.74) is 9.75. The SMILES string of the molecule is CCCC(N)CCCc1c(C)cc(O)cc1C. The Kier molecular flexibility index (Phi) is 5.49. The van der Waals surface area contributed by atoms with E-state index in [2.05, 4.69) is 20.8 Å². The van der Waals surface area contributed by atoms with Crippen molar-refractivity contribution >= 4 is 0 Å². The summed E-state index contributed by atoms with van der Waals surface area (Å²) in [4.78, 5) is 0. The maximum atomic E-state index is 9.48. The van der Waals surface area contributed by atoms with Crippen LogP contribution in [0.5, 0.6) is 5.75 Å². The van der Waals surface area contributed by atoms with Crippen molar-refractivity contribution in [2.45, 2.75) is 58.9 Å². The van der Waals surface area contributed by atoms with Crippen LogP contribution in [-0.4, -0.2) is 11.1 Å². The zero-order valence-electron chi connectivity index (χ0n) is 11.3. The van der Waals surface area contributed by atoms with Crippen molar-refractivity contribution in [2.75, 3.05) is 0 Å². The van der Waals surface area contributed by atoms with E-state index in [-0.39, 0.29) is 0 Å². The molecule has 1 aromatic rings. The van der Waals surface area contributed by atoms with Gasteiger partial charge in [-0.3, -0.25) is 0 Å². The van der Waals surface area contributed by atoms with Crippen LogP contribution in [0.15, 0.2) is 12.1 Å². The standard InChI is InChI=1S/C15H25NO/c1-4-6-13(16)7-5-8-15-11(2)9-14(17)10-12(15)3/h9-10,13,17H,4-8,16H2,1-3H3. The van der Waals surface area contributed by atoms with Crippen molar-refractivity contribution in [3.63, 3.8) is 0 Å². The molecule has 2 nitrogen and oxygen atoms in total. The number of benzene rings is 1. The van der Waals surface area contributed by atoms with Crippen LogP contribution in [0.2, 0.25) is 0 Å². The molecule has 0 spiro atoms. The number of phenols is 1. The third kappa shape index (κ3) is 4.39.